The molecule has 0 unspecified atom stereocenters. The molecule has 0 aliphatic carbocycles. The molecule has 0 amide bonds. The van der Waals surface area contributed by atoms with Crippen molar-refractivity contribution in [2.75, 3.05) is 0 Å². The molecule has 0 atom stereocenters. The molecular weight excluding hydrogens is 1190 g/mol. The molecule has 8 heteroatoms. The van der Waals surface area contributed by atoms with Crippen molar-refractivity contribution in [2.24, 2.45) is 0 Å². The van der Waals surface area contributed by atoms with Crippen LogP contribution >= 0.6 is 0 Å². The highest BCUT2D eigenvalue weighted by Gasteiger charge is 2.25. The second-order valence-electron chi connectivity index (χ2n) is 24.4. The molecule has 0 saturated heterocycles. The van der Waals surface area contributed by atoms with Crippen LogP contribution in [-0.2, 0) is 0 Å². The van der Waals surface area contributed by atoms with Crippen molar-refractivity contribution in [1.82, 2.24) is 24.1 Å². The molecule has 3 aromatic heterocycles. The van der Waals surface area contributed by atoms with Gasteiger partial charge in [-0.1, -0.05) is 224 Å². The Kier molecular flexibility index (Phi) is 14.5. The third kappa shape index (κ3) is 10.4. The summed E-state index contributed by atoms with van der Waals surface area (Å²) < 4.78 is 4.67. The fourth-order valence-electron chi connectivity index (χ4n) is 14.0. The van der Waals surface area contributed by atoms with Gasteiger partial charge in [0.2, 0.25) is 0 Å². The van der Waals surface area contributed by atoms with Gasteiger partial charge in [-0.05, 0) is 175 Å². The Balaban J connectivity index is 0.947. The minimum Gasteiger partial charge on any atom is -0.309 e. The van der Waals surface area contributed by atoms with Crippen LogP contribution in [0.3, 0.4) is 0 Å². The first-order valence-corrected chi connectivity index (χ1v) is 32.5. The van der Waals surface area contributed by atoms with Gasteiger partial charge in [0.25, 0.3) is 0 Å². The molecule has 0 aliphatic rings. The maximum absolute atomic E-state index is 10.7. The van der Waals surface area contributed by atoms with Gasteiger partial charge in [0.15, 0.2) is 17.5 Å². The molecule has 0 spiro atoms. The highest BCUT2D eigenvalue weighted by molar-refractivity contribution is 6.13. The van der Waals surface area contributed by atoms with Gasteiger partial charge in [-0.25, -0.2) is 15.0 Å². The summed E-state index contributed by atoms with van der Waals surface area (Å²) in [6.45, 7) is 0. The van der Waals surface area contributed by atoms with Crippen LogP contribution in [0.2, 0.25) is 0 Å². The van der Waals surface area contributed by atoms with Crippen LogP contribution in [0, 0.1) is 34.0 Å². The van der Waals surface area contributed by atoms with E-state index in [4.69, 9.17) is 15.0 Å². The van der Waals surface area contributed by atoms with Gasteiger partial charge in [0.1, 0.15) is 0 Å². The van der Waals surface area contributed by atoms with E-state index in [1.807, 2.05) is 121 Å². The lowest BCUT2D eigenvalue weighted by atomic mass is 9.94. The number of aromatic nitrogens is 5. The van der Waals surface area contributed by atoms with Crippen molar-refractivity contribution < 1.29 is 0 Å². The largest absolute Gasteiger partial charge is 0.309 e. The quantitative estimate of drug-likeness (QED) is 0.120. The second-order valence-corrected chi connectivity index (χ2v) is 24.4. The zero-order valence-electron chi connectivity index (χ0n) is 52.8. The summed E-state index contributed by atoms with van der Waals surface area (Å²) in [6.07, 6.45) is 0. The minimum atomic E-state index is 0.387. The molecular formula is C90H54N8. The average Bonchev–Trinajstić information content (AvgIpc) is 1.55. The zero-order chi connectivity index (χ0) is 65.6. The van der Waals surface area contributed by atoms with Gasteiger partial charge in [-0.3, -0.25) is 0 Å². The number of nitriles is 3. The van der Waals surface area contributed by atoms with Crippen molar-refractivity contribution >= 4 is 43.6 Å². The molecule has 0 fully saturated rings. The van der Waals surface area contributed by atoms with Gasteiger partial charge >= 0.3 is 0 Å². The van der Waals surface area contributed by atoms with E-state index in [0.717, 1.165) is 133 Å². The van der Waals surface area contributed by atoms with Crippen LogP contribution in [0.25, 0.3) is 167 Å². The monoisotopic (exact) mass is 1250 g/mol. The van der Waals surface area contributed by atoms with E-state index < -0.39 is 0 Å². The fraction of sp³-hybridized carbons (Fsp3) is 0. The summed E-state index contributed by atoms with van der Waals surface area (Å²) >= 11 is 0. The summed E-state index contributed by atoms with van der Waals surface area (Å²) in [7, 11) is 0. The standard InChI is InChI=1S/C90H54N8/c91-55-58-29-33-64(34-30-58)74-43-41-71(97-84-45-37-66(60-17-5-1-6-18-60)49-78(84)79-50-67(38-46-85(79)97)61-19-7-2-8-20-61)53-82(74)89-94-88(77-28-16-15-27-76(77)73-26-14-13-25-70(73)57-93)95-90(96-89)83-54-72(42-44-75(83)65-35-31-59(56-92)32-36-65)98-86-47-39-68(62-21-9-3-10-22-62)51-80(86)81-52-69(40-48-87(81)98)63-23-11-4-12-24-63/h1-54H. The van der Waals surface area contributed by atoms with E-state index in [-0.39, 0.29) is 0 Å². The number of hydrogen-bond donors (Lipinski definition) is 0. The van der Waals surface area contributed by atoms with Crippen LogP contribution in [0.15, 0.2) is 328 Å². The number of fused-ring (bicyclic) bond motifs is 6. The van der Waals surface area contributed by atoms with Crippen molar-refractivity contribution in [2.45, 2.75) is 0 Å². The molecule has 0 aliphatic heterocycles. The van der Waals surface area contributed by atoms with Gasteiger partial charge in [0, 0.05) is 55.2 Å². The predicted molar refractivity (Wildman–Crippen MR) is 397 cm³/mol. The summed E-state index contributed by atoms with van der Waals surface area (Å²) in [5.74, 6) is 1.17. The van der Waals surface area contributed by atoms with Crippen molar-refractivity contribution in [3.63, 3.8) is 0 Å². The van der Waals surface area contributed by atoms with Crippen molar-refractivity contribution in [3.05, 3.63) is 344 Å². The molecule has 98 heavy (non-hydrogen) atoms. The fourth-order valence-corrected chi connectivity index (χ4v) is 14.0. The summed E-state index contributed by atoms with van der Waals surface area (Å²) in [4.78, 5) is 17.0. The third-order valence-electron chi connectivity index (χ3n) is 18.8. The molecule has 454 valence electrons. The number of rotatable bonds is 12. The molecule has 0 radical (unpaired) electrons. The number of benzene rings is 14. The molecule has 3 heterocycles. The third-order valence-corrected chi connectivity index (χ3v) is 18.8. The molecule has 0 saturated carbocycles. The lowest BCUT2D eigenvalue weighted by Crippen LogP contribution is -2.04. The van der Waals surface area contributed by atoms with Crippen molar-refractivity contribution in [3.8, 4) is 142 Å². The Morgan fingerprint density at radius 1 is 0.214 bits per heavy atom. The smallest absolute Gasteiger partial charge is 0.164 e. The Hall–Kier alpha value is -13.8. The van der Waals surface area contributed by atoms with E-state index in [1.165, 1.54) is 0 Å². The molecule has 17 rings (SSSR count). The summed E-state index contributed by atoms with van der Waals surface area (Å²) in [5, 5.41) is 35.3. The first-order chi connectivity index (χ1) is 48.4. The Labute approximate surface area is 566 Å². The molecule has 0 N–H and O–H groups in total. The van der Waals surface area contributed by atoms with E-state index in [1.54, 1.807) is 0 Å². The van der Waals surface area contributed by atoms with E-state index in [9.17, 15) is 15.8 Å². The van der Waals surface area contributed by atoms with Crippen molar-refractivity contribution in [1.29, 1.82) is 15.8 Å². The SMILES string of the molecule is N#Cc1ccc(-c2ccc(-n3c4ccc(-c5ccccc5)cc4c4cc(-c5ccccc5)ccc43)cc2-c2nc(-c3cc(-n4c5ccc(-c6ccccc6)cc5c5cc(-c6ccccc6)ccc54)ccc3-c3ccc(C#N)cc3)nc(-c3ccccc3-c3ccccc3C#N)n2)cc1. The van der Waals surface area contributed by atoms with Crippen LogP contribution < -0.4 is 0 Å². The van der Waals surface area contributed by atoms with Gasteiger partial charge in [0.05, 0.1) is 57.0 Å². The maximum Gasteiger partial charge on any atom is 0.164 e. The van der Waals surface area contributed by atoms with Crippen LogP contribution in [0.4, 0.5) is 0 Å². The summed E-state index contributed by atoms with van der Waals surface area (Å²) in [6, 6.07) is 120. The van der Waals surface area contributed by atoms with Gasteiger partial charge in [-0.15, -0.1) is 0 Å². The molecule has 14 aromatic carbocycles. The predicted octanol–water partition coefficient (Wildman–Crippen LogP) is 22.4. The lowest BCUT2D eigenvalue weighted by molar-refractivity contribution is 1.07. The Bertz CT molecular complexity index is 5590. The van der Waals surface area contributed by atoms with Crippen LogP contribution in [-0.4, -0.2) is 24.1 Å². The maximum atomic E-state index is 10.7. The van der Waals surface area contributed by atoms with E-state index >= 15 is 0 Å². The number of nitrogens with zero attached hydrogens (tertiary/aromatic N) is 8. The van der Waals surface area contributed by atoms with Crippen LogP contribution in [0.5, 0.6) is 0 Å². The van der Waals surface area contributed by atoms with E-state index in [0.29, 0.717) is 50.9 Å². The first-order valence-electron chi connectivity index (χ1n) is 32.5. The molecule has 0 bridgehead atoms. The number of hydrogen-bond acceptors (Lipinski definition) is 6. The first kappa shape index (κ1) is 58.0. The van der Waals surface area contributed by atoms with E-state index in [2.05, 4.69) is 234 Å². The lowest BCUT2D eigenvalue weighted by Gasteiger charge is -2.18. The minimum absolute atomic E-state index is 0.387. The topological polar surface area (TPSA) is 120 Å². The molecule has 8 nitrogen and oxygen atoms in total. The molecule has 17 aromatic rings. The highest BCUT2D eigenvalue weighted by Crippen LogP contribution is 2.45. The summed E-state index contributed by atoms with van der Waals surface area (Å²) in [5.41, 5.74) is 23.4. The Morgan fingerprint density at radius 3 is 0.867 bits per heavy atom. The second kappa shape index (κ2) is 24.6. The van der Waals surface area contributed by atoms with Crippen LogP contribution in [0.1, 0.15) is 16.7 Å². The van der Waals surface area contributed by atoms with Gasteiger partial charge in [-0.2, -0.15) is 15.8 Å². The van der Waals surface area contributed by atoms with Gasteiger partial charge < -0.3 is 9.13 Å². The average molecular weight is 1250 g/mol. The normalized spacial score (nSPS) is 11.2. The zero-order valence-corrected chi connectivity index (χ0v) is 52.8. The Morgan fingerprint density at radius 2 is 0.520 bits per heavy atom. The highest BCUT2D eigenvalue weighted by atomic mass is 15.0.